The molecule has 1 aromatic rings. The van der Waals surface area contributed by atoms with Crippen LogP contribution in [0.2, 0.25) is 0 Å². The van der Waals surface area contributed by atoms with Gasteiger partial charge in [-0.15, -0.1) is 0 Å². The molecule has 1 N–H and O–H groups in total. The number of nitrogens with zero attached hydrogens (tertiary/aromatic N) is 3. The van der Waals surface area contributed by atoms with Gasteiger partial charge in [-0.2, -0.15) is 5.10 Å². The van der Waals surface area contributed by atoms with E-state index >= 15 is 0 Å². The summed E-state index contributed by atoms with van der Waals surface area (Å²) in [5, 5.41) is 8.07. The van der Waals surface area contributed by atoms with Gasteiger partial charge in [0.2, 0.25) is 0 Å². The van der Waals surface area contributed by atoms with Crippen molar-refractivity contribution in [3.8, 4) is 0 Å². The largest absolute Gasteiger partial charge is 0.319 e. The second kappa shape index (κ2) is 6.06. The summed E-state index contributed by atoms with van der Waals surface area (Å²) in [7, 11) is 2.05. The van der Waals surface area contributed by atoms with E-state index < -0.39 is 0 Å². The third-order valence-corrected chi connectivity index (χ3v) is 4.61. The van der Waals surface area contributed by atoms with E-state index in [9.17, 15) is 0 Å². The maximum Gasteiger partial charge on any atom is 0.0764 e. The molecule has 1 saturated carbocycles. The van der Waals surface area contributed by atoms with Crippen molar-refractivity contribution in [3.63, 3.8) is 0 Å². The van der Waals surface area contributed by atoms with Crippen LogP contribution in [0, 0.1) is 5.92 Å². The number of aromatic nitrogens is 2. The molecule has 0 aromatic carbocycles. The topological polar surface area (TPSA) is 33.1 Å². The predicted molar refractivity (Wildman–Crippen MR) is 77.0 cm³/mol. The van der Waals surface area contributed by atoms with E-state index in [0.29, 0.717) is 6.04 Å². The minimum Gasteiger partial charge on any atom is -0.319 e. The summed E-state index contributed by atoms with van der Waals surface area (Å²) in [5.41, 5.74) is 1.25. The molecule has 1 aliphatic carbocycles. The molecule has 4 heteroatoms. The lowest BCUT2D eigenvalue weighted by Gasteiger charge is -2.14. The molecule has 0 radical (unpaired) electrons. The van der Waals surface area contributed by atoms with Crippen LogP contribution in [0.1, 0.15) is 43.8 Å². The Kier molecular flexibility index (Phi) is 4.18. The monoisotopic (exact) mass is 262 g/mol. The van der Waals surface area contributed by atoms with Crippen molar-refractivity contribution >= 4 is 0 Å². The molecular weight excluding hydrogens is 236 g/mol. The first kappa shape index (κ1) is 13.1. The summed E-state index contributed by atoms with van der Waals surface area (Å²) in [6.07, 6.45) is 8.89. The summed E-state index contributed by atoms with van der Waals surface area (Å²) in [6, 6.07) is 2.88. The molecule has 4 nitrogen and oxygen atoms in total. The van der Waals surface area contributed by atoms with Crippen LogP contribution in [-0.4, -0.2) is 41.4 Å². The first-order chi connectivity index (χ1) is 9.35. The molecule has 19 heavy (non-hydrogen) atoms. The van der Waals surface area contributed by atoms with Crippen LogP contribution in [0.25, 0.3) is 0 Å². The lowest BCUT2D eigenvalue weighted by molar-refractivity contribution is 0.309. The highest BCUT2D eigenvalue weighted by molar-refractivity contribution is 5.01. The third kappa shape index (κ3) is 3.18. The Bertz CT molecular complexity index is 395. The first-order valence-corrected chi connectivity index (χ1v) is 7.76. The second-order valence-corrected chi connectivity index (χ2v) is 6.17. The SMILES string of the molecule is CNCC1CCN(Cc2ccn(C3CCCC3)n2)C1. The van der Waals surface area contributed by atoms with Gasteiger partial charge >= 0.3 is 0 Å². The Morgan fingerprint density at radius 1 is 1.32 bits per heavy atom. The summed E-state index contributed by atoms with van der Waals surface area (Å²) >= 11 is 0. The summed E-state index contributed by atoms with van der Waals surface area (Å²) in [4.78, 5) is 2.54. The number of nitrogens with one attached hydrogen (secondary N) is 1. The van der Waals surface area contributed by atoms with Gasteiger partial charge in [0.25, 0.3) is 0 Å². The quantitative estimate of drug-likeness (QED) is 0.881. The van der Waals surface area contributed by atoms with Gasteiger partial charge in [0.1, 0.15) is 0 Å². The first-order valence-electron chi connectivity index (χ1n) is 7.76. The Hall–Kier alpha value is -0.870. The van der Waals surface area contributed by atoms with Crippen LogP contribution in [-0.2, 0) is 6.54 Å². The summed E-state index contributed by atoms with van der Waals surface area (Å²) in [6.45, 7) is 4.62. The van der Waals surface area contributed by atoms with Crippen molar-refractivity contribution in [2.75, 3.05) is 26.7 Å². The molecule has 2 aliphatic rings. The van der Waals surface area contributed by atoms with Crippen molar-refractivity contribution < 1.29 is 0 Å². The standard InChI is InChI=1S/C15H26N4/c1-16-10-13-6-8-18(11-13)12-14-7-9-19(17-14)15-4-2-3-5-15/h7,9,13,15-16H,2-6,8,10-12H2,1H3. The highest BCUT2D eigenvalue weighted by atomic mass is 15.3. The van der Waals surface area contributed by atoms with Crippen molar-refractivity contribution in [3.05, 3.63) is 18.0 Å². The molecule has 1 unspecified atom stereocenters. The zero-order chi connectivity index (χ0) is 13.1. The van der Waals surface area contributed by atoms with E-state index in [2.05, 4.69) is 27.2 Å². The molecular formula is C15H26N4. The van der Waals surface area contributed by atoms with Gasteiger partial charge in [-0.3, -0.25) is 9.58 Å². The molecule has 3 rings (SSSR count). The van der Waals surface area contributed by atoms with Gasteiger partial charge in [0.05, 0.1) is 11.7 Å². The number of hydrogen-bond donors (Lipinski definition) is 1. The van der Waals surface area contributed by atoms with Crippen molar-refractivity contribution in [2.24, 2.45) is 5.92 Å². The van der Waals surface area contributed by atoms with Gasteiger partial charge in [-0.05, 0) is 51.4 Å². The molecule has 1 aromatic heterocycles. The van der Waals surface area contributed by atoms with E-state index in [0.717, 1.165) is 19.0 Å². The van der Waals surface area contributed by atoms with E-state index in [4.69, 9.17) is 5.10 Å². The smallest absolute Gasteiger partial charge is 0.0764 e. The van der Waals surface area contributed by atoms with Crippen LogP contribution < -0.4 is 5.32 Å². The average Bonchev–Trinajstić information content (AvgIpc) is 3.10. The highest BCUT2D eigenvalue weighted by Gasteiger charge is 2.23. The van der Waals surface area contributed by atoms with E-state index in [1.54, 1.807) is 0 Å². The van der Waals surface area contributed by atoms with E-state index in [1.165, 1.54) is 50.9 Å². The number of likely N-dealkylation sites (tertiary alicyclic amines) is 1. The van der Waals surface area contributed by atoms with E-state index in [1.807, 2.05) is 7.05 Å². The van der Waals surface area contributed by atoms with E-state index in [-0.39, 0.29) is 0 Å². The van der Waals surface area contributed by atoms with Gasteiger partial charge < -0.3 is 5.32 Å². The van der Waals surface area contributed by atoms with Crippen molar-refractivity contribution in [2.45, 2.75) is 44.7 Å². The fraction of sp³-hybridized carbons (Fsp3) is 0.800. The normalized spacial score (nSPS) is 25.4. The van der Waals surface area contributed by atoms with Crippen LogP contribution in [0.4, 0.5) is 0 Å². The molecule has 0 bridgehead atoms. The van der Waals surface area contributed by atoms with Crippen LogP contribution in [0.15, 0.2) is 12.3 Å². The molecule has 2 fully saturated rings. The Labute approximate surface area is 116 Å². The average molecular weight is 262 g/mol. The van der Waals surface area contributed by atoms with Crippen LogP contribution in [0.3, 0.4) is 0 Å². The lowest BCUT2D eigenvalue weighted by atomic mass is 10.1. The molecule has 0 spiro atoms. The molecule has 106 valence electrons. The molecule has 0 amide bonds. The third-order valence-electron chi connectivity index (χ3n) is 4.61. The van der Waals surface area contributed by atoms with Gasteiger partial charge in [-0.1, -0.05) is 12.8 Å². The van der Waals surface area contributed by atoms with Gasteiger partial charge in [0.15, 0.2) is 0 Å². The molecule has 1 aliphatic heterocycles. The second-order valence-electron chi connectivity index (χ2n) is 6.17. The minimum absolute atomic E-state index is 0.671. The molecule has 2 heterocycles. The number of hydrogen-bond acceptors (Lipinski definition) is 3. The lowest BCUT2D eigenvalue weighted by Crippen LogP contribution is -2.24. The predicted octanol–water partition coefficient (Wildman–Crippen LogP) is 2.04. The number of rotatable bonds is 5. The summed E-state index contributed by atoms with van der Waals surface area (Å²) < 4.78 is 2.21. The fourth-order valence-electron chi connectivity index (χ4n) is 3.57. The van der Waals surface area contributed by atoms with Crippen LogP contribution >= 0.6 is 0 Å². The Balaban J connectivity index is 1.53. The Morgan fingerprint density at radius 3 is 2.95 bits per heavy atom. The van der Waals surface area contributed by atoms with Gasteiger partial charge in [0, 0.05) is 19.3 Å². The van der Waals surface area contributed by atoms with Crippen LogP contribution in [0.5, 0.6) is 0 Å². The molecule has 1 atom stereocenters. The van der Waals surface area contributed by atoms with Gasteiger partial charge in [-0.25, -0.2) is 0 Å². The summed E-state index contributed by atoms with van der Waals surface area (Å²) in [5.74, 6) is 0.821. The van der Waals surface area contributed by atoms with Crippen molar-refractivity contribution in [1.82, 2.24) is 20.0 Å². The maximum absolute atomic E-state index is 4.79. The zero-order valence-corrected chi connectivity index (χ0v) is 12.0. The fourth-order valence-corrected chi connectivity index (χ4v) is 3.57. The van der Waals surface area contributed by atoms with Crippen molar-refractivity contribution in [1.29, 1.82) is 0 Å². The Morgan fingerprint density at radius 2 is 2.16 bits per heavy atom. The zero-order valence-electron chi connectivity index (χ0n) is 12.0. The minimum atomic E-state index is 0.671. The molecule has 1 saturated heterocycles. The maximum atomic E-state index is 4.79. The highest BCUT2D eigenvalue weighted by Crippen LogP contribution is 2.29.